The summed E-state index contributed by atoms with van der Waals surface area (Å²) < 4.78 is 1.76. The number of nitrogens with two attached hydrogens (primary N) is 1. The molecule has 15 heavy (non-hydrogen) atoms. The number of hydrogen-bond acceptors (Lipinski definition) is 4. The molecular weight excluding hydrogens is 194 g/mol. The number of aromatic nitrogens is 3. The second kappa shape index (κ2) is 5.45. The quantitative estimate of drug-likeness (QED) is 0.691. The van der Waals surface area contributed by atoms with Gasteiger partial charge in [-0.15, -0.1) is 10.2 Å². The maximum Gasteiger partial charge on any atom is 0.237 e. The number of aryl methyl sites for hydroxylation is 1. The molecule has 0 saturated carbocycles. The van der Waals surface area contributed by atoms with Crippen LogP contribution in [-0.4, -0.2) is 26.7 Å². The zero-order valence-corrected chi connectivity index (χ0v) is 9.10. The third-order valence-electron chi connectivity index (χ3n) is 2.16. The highest BCUT2D eigenvalue weighted by atomic mass is 16.2. The summed E-state index contributed by atoms with van der Waals surface area (Å²) >= 11 is 0. The molecule has 6 nitrogen and oxygen atoms in total. The van der Waals surface area contributed by atoms with E-state index in [2.05, 4.69) is 15.5 Å². The van der Waals surface area contributed by atoms with Gasteiger partial charge in [-0.3, -0.25) is 4.79 Å². The van der Waals surface area contributed by atoms with Crippen molar-refractivity contribution in [2.24, 2.45) is 12.8 Å². The van der Waals surface area contributed by atoms with Gasteiger partial charge >= 0.3 is 0 Å². The molecule has 0 radical (unpaired) electrons. The van der Waals surface area contributed by atoms with E-state index in [1.165, 1.54) is 0 Å². The van der Waals surface area contributed by atoms with Crippen molar-refractivity contribution in [1.29, 1.82) is 0 Å². The smallest absolute Gasteiger partial charge is 0.237 e. The molecule has 0 aliphatic heterocycles. The standard InChI is InChI=1S/C9H17N5O/c1-3-4-7(10)9(15)11-5-8-13-12-6-14(8)2/h6-7H,3-5,10H2,1-2H3,(H,11,15)/t7-/m1/s1. The SMILES string of the molecule is CCC[C@@H](N)C(=O)NCc1nncn1C. The Morgan fingerprint density at radius 1 is 1.73 bits per heavy atom. The highest BCUT2D eigenvalue weighted by Gasteiger charge is 2.12. The molecule has 1 aromatic heterocycles. The Bertz CT molecular complexity index is 322. The minimum absolute atomic E-state index is 0.139. The molecule has 0 spiro atoms. The van der Waals surface area contributed by atoms with E-state index in [9.17, 15) is 4.79 Å². The van der Waals surface area contributed by atoms with Crippen LogP contribution in [0.2, 0.25) is 0 Å². The van der Waals surface area contributed by atoms with Crippen LogP contribution in [0, 0.1) is 0 Å². The lowest BCUT2D eigenvalue weighted by molar-refractivity contribution is -0.122. The van der Waals surface area contributed by atoms with E-state index in [1.54, 1.807) is 10.9 Å². The van der Waals surface area contributed by atoms with Gasteiger partial charge in [-0.2, -0.15) is 0 Å². The van der Waals surface area contributed by atoms with Gasteiger partial charge in [0.2, 0.25) is 5.91 Å². The molecule has 84 valence electrons. The summed E-state index contributed by atoms with van der Waals surface area (Å²) in [5, 5.41) is 10.3. The fourth-order valence-corrected chi connectivity index (χ4v) is 1.21. The van der Waals surface area contributed by atoms with E-state index in [0.717, 1.165) is 6.42 Å². The summed E-state index contributed by atoms with van der Waals surface area (Å²) in [5.41, 5.74) is 5.65. The number of carbonyl (C=O) groups excluding carboxylic acids is 1. The van der Waals surface area contributed by atoms with E-state index in [1.807, 2.05) is 14.0 Å². The van der Waals surface area contributed by atoms with Crippen molar-refractivity contribution in [2.45, 2.75) is 32.4 Å². The Balaban J connectivity index is 2.37. The number of nitrogens with zero attached hydrogens (tertiary/aromatic N) is 3. The van der Waals surface area contributed by atoms with Gasteiger partial charge < -0.3 is 15.6 Å². The lowest BCUT2D eigenvalue weighted by atomic mass is 10.2. The fourth-order valence-electron chi connectivity index (χ4n) is 1.21. The summed E-state index contributed by atoms with van der Waals surface area (Å²) in [6, 6.07) is -0.428. The van der Waals surface area contributed by atoms with E-state index in [-0.39, 0.29) is 5.91 Å². The van der Waals surface area contributed by atoms with Crippen LogP contribution in [0.25, 0.3) is 0 Å². The molecule has 0 fully saturated rings. The van der Waals surface area contributed by atoms with Crippen molar-refractivity contribution in [3.05, 3.63) is 12.2 Å². The van der Waals surface area contributed by atoms with Crippen molar-refractivity contribution < 1.29 is 4.79 Å². The lowest BCUT2D eigenvalue weighted by Gasteiger charge is -2.10. The maximum atomic E-state index is 11.4. The van der Waals surface area contributed by atoms with Gasteiger partial charge in [0, 0.05) is 7.05 Å². The predicted molar refractivity (Wildman–Crippen MR) is 55.7 cm³/mol. The molecule has 1 aromatic rings. The van der Waals surface area contributed by atoms with E-state index in [0.29, 0.717) is 18.8 Å². The largest absolute Gasteiger partial charge is 0.347 e. The predicted octanol–water partition coefficient (Wildman–Crippen LogP) is -0.441. The summed E-state index contributed by atoms with van der Waals surface area (Å²) in [6.45, 7) is 2.36. The van der Waals surface area contributed by atoms with Crippen LogP contribution in [0.4, 0.5) is 0 Å². The van der Waals surface area contributed by atoms with Crippen molar-refractivity contribution in [3.63, 3.8) is 0 Å². The molecule has 0 aliphatic carbocycles. The summed E-state index contributed by atoms with van der Waals surface area (Å²) in [4.78, 5) is 11.4. The molecule has 1 rings (SSSR count). The van der Waals surface area contributed by atoms with Crippen molar-refractivity contribution in [2.75, 3.05) is 0 Å². The number of nitrogens with one attached hydrogen (secondary N) is 1. The third-order valence-corrected chi connectivity index (χ3v) is 2.16. The summed E-state index contributed by atoms with van der Waals surface area (Å²) in [5.74, 6) is 0.576. The zero-order chi connectivity index (χ0) is 11.3. The van der Waals surface area contributed by atoms with Crippen LogP contribution in [0.5, 0.6) is 0 Å². The molecule has 1 atom stereocenters. The summed E-state index contributed by atoms with van der Waals surface area (Å²) in [6.07, 6.45) is 3.19. The Labute approximate surface area is 88.9 Å². The molecule has 0 unspecified atom stereocenters. The van der Waals surface area contributed by atoms with E-state index >= 15 is 0 Å². The van der Waals surface area contributed by atoms with Crippen molar-refractivity contribution in [1.82, 2.24) is 20.1 Å². The minimum Gasteiger partial charge on any atom is -0.347 e. The van der Waals surface area contributed by atoms with Crippen molar-refractivity contribution in [3.8, 4) is 0 Å². The van der Waals surface area contributed by atoms with Crippen molar-refractivity contribution >= 4 is 5.91 Å². The molecule has 3 N–H and O–H groups in total. The molecule has 0 aromatic carbocycles. The lowest BCUT2D eigenvalue weighted by Crippen LogP contribution is -2.40. The highest BCUT2D eigenvalue weighted by molar-refractivity contribution is 5.81. The van der Waals surface area contributed by atoms with Gasteiger partial charge in [-0.25, -0.2) is 0 Å². The van der Waals surface area contributed by atoms with Gasteiger partial charge in [0.25, 0.3) is 0 Å². The number of amides is 1. The Morgan fingerprint density at radius 2 is 2.47 bits per heavy atom. The van der Waals surface area contributed by atoms with Crippen LogP contribution in [-0.2, 0) is 18.4 Å². The first kappa shape index (κ1) is 11.6. The average Bonchev–Trinajstić information content (AvgIpc) is 2.61. The molecule has 0 bridgehead atoms. The molecule has 6 heteroatoms. The van der Waals surface area contributed by atoms with Gasteiger partial charge in [0.15, 0.2) is 5.82 Å². The topological polar surface area (TPSA) is 85.8 Å². The zero-order valence-electron chi connectivity index (χ0n) is 9.10. The van der Waals surface area contributed by atoms with Gasteiger partial charge in [0.05, 0.1) is 12.6 Å². The molecule has 1 amide bonds. The first-order chi connectivity index (χ1) is 7.15. The minimum atomic E-state index is -0.428. The molecular formula is C9H17N5O. The first-order valence-electron chi connectivity index (χ1n) is 5.01. The Morgan fingerprint density at radius 3 is 3.00 bits per heavy atom. The Hall–Kier alpha value is -1.43. The van der Waals surface area contributed by atoms with E-state index in [4.69, 9.17) is 5.73 Å². The monoisotopic (exact) mass is 211 g/mol. The molecule has 1 heterocycles. The van der Waals surface area contributed by atoms with Crippen LogP contribution in [0.15, 0.2) is 6.33 Å². The third kappa shape index (κ3) is 3.32. The molecule has 0 saturated heterocycles. The number of hydrogen-bond donors (Lipinski definition) is 2. The maximum absolute atomic E-state index is 11.4. The van der Waals surface area contributed by atoms with Crippen LogP contribution < -0.4 is 11.1 Å². The fraction of sp³-hybridized carbons (Fsp3) is 0.667. The Kier molecular flexibility index (Phi) is 4.23. The highest BCUT2D eigenvalue weighted by Crippen LogP contribution is 1.95. The van der Waals surface area contributed by atoms with Crippen LogP contribution in [0.1, 0.15) is 25.6 Å². The van der Waals surface area contributed by atoms with Crippen LogP contribution >= 0.6 is 0 Å². The van der Waals surface area contributed by atoms with Crippen LogP contribution in [0.3, 0.4) is 0 Å². The van der Waals surface area contributed by atoms with E-state index < -0.39 is 6.04 Å². The normalized spacial score (nSPS) is 12.5. The summed E-state index contributed by atoms with van der Waals surface area (Å²) in [7, 11) is 1.83. The van der Waals surface area contributed by atoms with Gasteiger partial charge in [-0.05, 0) is 6.42 Å². The first-order valence-corrected chi connectivity index (χ1v) is 5.01. The van der Waals surface area contributed by atoms with Gasteiger partial charge in [0.1, 0.15) is 6.33 Å². The second-order valence-corrected chi connectivity index (χ2v) is 3.47. The number of rotatable bonds is 5. The molecule has 0 aliphatic rings. The second-order valence-electron chi connectivity index (χ2n) is 3.47. The average molecular weight is 211 g/mol. The van der Waals surface area contributed by atoms with Gasteiger partial charge in [-0.1, -0.05) is 13.3 Å². The number of carbonyl (C=O) groups is 1.